The summed E-state index contributed by atoms with van der Waals surface area (Å²) in [5.41, 5.74) is 25.2. The summed E-state index contributed by atoms with van der Waals surface area (Å²) in [5.74, 6) is 0. The minimum Gasteiger partial charge on any atom is -0.311 e. The zero-order valence-corrected chi connectivity index (χ0v) is 37.8. The topological polar surface area (TPSA) is 15.6 Å². The molecule has 3 aliphatic rings. The fourth-order valence-corrected chi connectivity index (χ4v) is 10.2. The molecule has 0 heterocycles. The lowest BCUT2D eigenvalue weighted by Gasteiger charge is -2.26. The Kier molecular flexibility index (Phi) is 10.1. The van der Waals surface area contributed by atoms with Crippen LogP contribution in [0.3, 0.4) is 0 Å². The number of aliphatic imine (C=N–C) groups is 1. The number of aryl methyl sites for hydroxylation is 2. The molecule has 0 N–H and O–H groups in total. The molecule has 0 fully saturated rings. The summed E-state index contributed by atoms with van der Waals surface area (Å²) in [5, 5.41) is 0. The van der Waals surface area contributed by atoms with Gasteiger partial charge in [-0.05, 0) is 172 Å². The van der Waals surface area contributed by atoms with Crippen LogP contribution in [-0.2, 0) is 17.4 Å². The monoisotopic (exact) mass is 816 g/mol. The zero-order valence-electron chi connectivity index (χ0n) is 37.8. The molecule has 0 atom stereocenters. The first-order valence-corrected chi connectivity index (χ1v) is 22.6. The van der Waals surface area contributed by atoms with E-state index in [-0.39, 0.29) is 10.8 Å². The van der Waals surface area contributed by atoms with Crippen molar-refractivity contribution < 1.29 is 0 Å². The number of nitrogens with zero attached hydrogens (tertiary/aromatic N) is 2. The van der Waals surface area contributed by atoms with E-state index >= 15 is 0 Å². The normalized spacial score (nSPS) is 15.5. The van der Waals surface area contributed by atoms with Gasteiger partial charge in [0, 0.05) is 27.9 Å². The molecule has 0 saturated carbocycles. The van der Waals surface area contributed by atoms with E-state index in [0.29, 0.717) is 6.54 Å². The number of hydrogen-bond donors (Lipinski definition) is 0. The Bertz CT molecular complexity index is 2980. The Balaban J connectivity index is 0.908. The number of rotatable bonds is 9. The molecule has 0 spiro atoms. The van der Waals surface area contributed by atoms with Crippen LogP contribution in [0.4, 0.5) is 17.1 Å². The van der Waals surface area contributed by atoms with Gasteiger partial charge in [-0.15, -0.1) is 0 Å². The van der Waals surface area contributed by atoms with Crippen molar-refractivity contribution in [1.82, 2.24) is 0 Å². The molecule has 0 aromatic heterocycles. The van der Waals surface area contributed by atoms with E-state index in [1.54, 1.807) is 0 Å². The van der Waals surface area contributed by atoms with E-state index in [1.165, 1.54) is 83.5 Å². The smallest absolute Gasteiger partial charge is 0.0647 e. The van der Waals surface area contributed by atoms with Crippen molar-refractivity contribution in [3.8, 4) is 33.4 Å². The van der Waals surface area contributed by atoms with Gasteiger partial charge in [0.25, 0.3) is 0 Å². The van der Waals surface area contributed by atoms with Crippen molar-refractivity contribution in [2.75, 3.05) is 4.90 Å². The number of benzene rings is 7. The van der Waals surface area contributed by atoms with Crippen molar-refractivity contribution in [2.24, 2.45) is 4.99 Å². The summed E-state index contributed by atoms with van der Waals surface area (Å²) in [6.07, 6.45) is 13.2. The van der Waals surface area contributed by atoms with Crippen molar-refractivity contribution in [1.29, 1.82) is 0 Å². The van der Waals surface area contributed by atoms with Gasteiger partial charge < -0.3 is 4.90 Å². The van der Waals surface area contributed by atoms with E-state index in [0.717, 1.165) is 41.2 Å². The molecule has 0 unspecified atom stereocenters. The second-order valence-electron chi connectivity index (χ2n) is 18.8. The Labute approximate surface area is 374 Å². The molecule has 0 bridgehead atoms. The summed E-state index contributed by atoms with van der Waals surface area (Å²) in [6, 6.07) is 54.7. The lowest BCUT2D eigenvalue weighted by atomic mass is 9.80. The first kappa shape index (κ1) is 40.3. The highest BCUT2D eigenvalue weighted by Crippen LogP contribution is 2.51. The fourth-order valence-electron chi connectivity index (χ4n) is 10.2. The standard InChI is InChI=1S/C61H56N2/c1-8-12-59(62-39-42-19-31-51-52-32-22-45(43-13-10-9-11-14-43)36-56(52)60(4,5)55(51)35-42)47-24-34-54-53-33-23-46(37-57(53)61(6,7)58(54)38-47)44-20-29-50(30-21-44)63(48-25-15-40(2)16-26-48)49-27-17-41(3)18-28-49/h8-10,12-13,15-38H,11,14,39H2,1-7H3/b12-8-,62-59?. The number of fused-ring (bicyclic) bond motifs is 6. The molecular formula is C61H56N2. The molecule has 2 nitrogen and oxygen atoms in total. The molecule has 0 radical (unpaired) electrons. The third kappa shape index (κ3) is 7.22. The molecule has 7 aromatic carbocycles. The minimum atomic E-state index is -0.171. The molecule has 3 aliphatic carbocycles. The van der Waals surface area contributed by atoms with Gasteiger partial charge in [0.05, 0.1) is 12.3 Å². The Morgan fingerprint density at radius 2 is 1.05 bits per heavy atom. The van der Waals surface area contributed by atoms with Crippen LogP contribution in [0.5, 0.6) is 0 Å². The quantitative estimate of drug-likeness (QED) is 0.133. The Hall–Kier alpha value is -6.77. The van der Waals surface area contributed by atoms with Crippen LogP contribution in [0.15, 0.2) is 181 Å². The van der Waals surface area contributed by atoms with Gasteiger partial charge in [0.2, 0.25) is 0 Å². The van der Waals surface area contributed by atoms with Gasteiger partial charge in [0.1, 0.15) is 0 Å². The SMILES string of the molecule is C/C=C\C(=NCc1ccc2c(c1)C(C)(C)c1cc(C3=CC=CCC3)ccc1-2)c1ccc2c(c1)C(C)(C)c1cc(-c3ccc(N(c4ccc(C)cc4)c4ccc(C)cc4)cc3)ccc1-2. The van der Waals surface area contributed by atoms with Crippen LogP contribution >= 0.6 is 0 Å². The van der Waals surface area contributed by atoms with E-state index in [9.17, 15) is 0 Å². The minimum absolute atomic E-state index is 0.0773. The summed E-state index contributed by atoms with van der Waals surface area (Å²) >= 11 is 0. The van der Waals surface area contributed by atoms with E-state index in [1.807, 2.05) is 0 Å². The predicted octanol–water partition coefficient (Wildman–Crippen LogP) is 16.4. The Morgan fingerprint density at radius 1 is 0.556 bits per heavy atom. The third-order valence-corrected chi connectivity index (χ3v) is 13.9. The van der Waals surface area contributed by atoms with Crippen LogP contribution in [0, 0.1) is 13.8 Å². The predicted molar refractivity (Wildman–Crippen MR) is 269 cm³/mol. The van der Waals surface area contributed by atoms with Crippen LogP contribution < -0.4 is 4.90 Å². The van der Waals surface area contributed by atoms with Crippen LogP contribution in [-0.4, -0.2) is 5.71 Å². The number of hydrogen-bond acceptors (Lipinski definition) is 2. The summed E-state index contributed by atoms with van der Waals surface area (Å²) in [7, 11) is 0. The first-order chi connectivity index (χ1) is 30.5. The van der Waals surface area contributed by atoms with Gasteiger partial charge in [0.15, 0.2) is 0 Å². The average Bonchev–Trinajstić information content (AvgIpc) is 3.67. The average molecular weight is 817 g/mol. The molecule has 2 heteroatoms. The van der Waals surface area contributed by atoms with Crippen LogP contribution in [0.2, 0.25) is 0 Å². The van der Waals surface area contributed by atoms with Gasteiger partial charge in [-0.3, -0.25) is 4.99 Å². The maximum atomic E-state index is 5.31. The lowest BCUT2D eigenvalue weighted by molar-refractivity contribution is 0.659. The van der Waals surface area contributed by atoms with Gasteiger partial charge in [-0.25, -0.2) is 0 Å². The van der Waals surface area contributed by atoms with Gasteiger partial charge >= 0.3 is 0 Å². The second kappa shape index (κ2) is 15.9. The largest absolute Gasteiger partial charge is 0.311 e. The van der Waals surface area contributed by atoms with Gasteiger partial charge in [-0.1, -0.05) is 154 Å². The molecule has 0 aliphatic heterocycles. The summed E-state index contributed by atoms with van der Waals surface area (Å²) in [6.45, 7) is 16.5. The lowest BCUT2D eigenvalue weighted by Crippen LogP contribution is -2.16. The number of anilines is 3. The molecular weight excluding hydrogens is 761 g/mol. The highest BCUT2D eigenvalue weighted by Gasteiger charge is 2.37. The van der Waals surface area contributed by atoms with E-state index in [2.05, 4.69) is 229 Å². The van der Waals surface area contributed by atoms with Crippen molar-refractivity contribution in [3.05, 3.63) is 226 Å². The van der Waals surface area contributed by atoms with Crippen LogP contribution in [0.25, 0.3) is 39.0 Å². The first-order valence-electron chi connectivity index (χ1n) is 22.6. The zero-order chi connectivity index (χ0) is 43.5. The van der Waals surface area contributed by atoms with Gasteiger partial charge in [-0.2, -0.15) is 0 Å². The van der Waals surface area contributed by atoms with E-state index < -0.39 is 0 Å². The highest BCUT2D eigenvalue weighted by molar-refractivity contribution is 6.09. The maximum Gasteiger partial charge on any atom is 0.0647 e. The molecule has 0 saturated heterocycles. The van der Waals surface area contributed by atoms with Crippen molar-refractivity contribution in [3.63, 3.8) is 0 Å². The highest BCUT2D eigenvalue weighted by atomic mass is 15.1. The maximum absolute atomic E-state index is 5.31. The molecule has 310 valence electrons. The van der Waals surface area contributed by atoms with Crippen molar-refractivity contribution >= 4 is 28.3 Å². The Morgan fingerprint density at radius 3 is 1.62 bits per heavy atom. The number of allylic oxidation sites excluding steroid dienone is 6. The molecule has 63 heavy (non-hydrogen) atoms. The summed E-state index contributed by atoms with van der Waals surface area (Å²) in [4.78, 5) is 7.64. The fraction of sp³-hybridized carbons (Fsp3) is 0.197. The van der Waals surface area contributed by atoms with Crippen LogP contribution in [0.1, 0.15) is 97.5 Å². The summed E-state index contributed by atoms with van der Waals surface area (Å²) < 4.78 is 0. The molecule has 0 amide bonds. The molecule has 10 rings (SSSR count). The molecule has 7 aromatic rings. The second-order valence-corrected chi connectivity index (χ2v) is 18.8. The van der Waals surface area contributed by atoms with E-state index in [4.69, 9.17) is 4.99 Å². The third-order valence-electron chi connectivity index (χ3n) is 13.9. The van der Waals surface area contributed by atoms with Crippen molar-refractivity contribution in [2.45, 2.75) is 78.7 Å².